The topological polar surface area (TPSA) is 65.4 Å². The second kappa shape index (κ2) is 12.8. The molecule has 6 nitrogen and oxygen atoms in total. The summed E-state index contributed by atoms with van der Waals surface area (Å²) in [5.41, 5.74) is 3.35. The van der Waals surface area contributed by atoms with Crippen molar-refractivity contribution in [2.24, 2.45) is 0 Å². The molecule has 1 atom stereocenters. The molecule has 0 aliphatic heterocycles. The Balaban J connectivity index is 1.27. The van der Waals surface area contributed by atoms with Gasteiger partial charge >= 0.3 is 0 Å². The Labute approximate surface area is 213 Å². The molecule has 1 heterocycles. The van der Waals surface area contributed by atoms with E-state index in [9.17, 15) is 4.79 Å². The summed E-state index contributed by atoms with van der Waals surface area (Å²) in [4.78, 5) is 17.1. The van der Waals surface area contributed by atoms with Crippen molar-refractivity contribution in [2.75, 3.05) is 13.2 Å². The Morgan fingerprint density at radius 1 is 0.917 bits per heavy atom. The molecule has 1 aromatic heterocycles. The SMILES string of the molecule is CCC(C)c1ccc(OCCCCn2c(CNC(=O)COc3ccccc3)nc3ccccc32)cc1. The highest BCUT2D eigenvalue weighted by Gasteiger charge is 2.12. The summed E-state index contributed by atoms with van der Waals surface area (Å²) < 4.78 is 13.7. The fourth-order valence-electron chi connectivity index (χ4n) is 4.09. The molecule has 0 fully saturated rings. The van der Waals surface area contributed by atoms with E-state index in [4.69, 9.17) is 14.5 Å². The maximum absolute atomic E-state index is 12.3. The first kappa shape index (κ1) is 25.3. The number of nitrogens with one attached hydrogen (secondary N) is 1. The van der Waals surface area contributed by atoms with Crippen molar-refractivity contribution in [3.05, 3.63) is 90.3 Å². The summed E-state index contributed by atoms with van der Waals surface area (Å²) in [6.07, 6.45) is 3.01. The predicted octanol–water partition coefficient (Wildman–Crippen LogP) is 6.10. The van der Waals surface area contributed by atoms with E-state index in [0.29, 0.717) is 24.8 Å². The number of fused-ring (bicyclic) bond motifs is 1. The van der Waals surface area contributed by atoms with Gasteiger partial charge in [-0.25, -0.2) is 4.98 Å². The Kier molecular flexibility index (Phi) is 8.98. The van der Waals surface area contributed by atoms with Crippen molar-refractivity contribution >= 4 is 16.9 Å². The number of carbonyl (C=O) groups excluding carboxylic acids is 1. The molecule has 0 saturated heterocycles. The van der Waals surface area contributed by atoms with Gasteiger partial charge in [-0.2, -0.15) is 0 Å². The van der Waals surface area contributed by atoms with Crippen molar-refractivity contribution in [3.63, 3.8) is 0 Å². The monoisotopic (exact) mass is 485 g/mol. The van der Waals surface area contributed by atoms with Crippen LogP contribution >= 0.6 is 0 Å². The van der Waals surface area contributed by atoms with Crippen LogP contribution in [0.4, 0.5) is 0 Å². The smallest absolute Gasteiger partial charge is 0.258 e. The molecular formula is C30H35N3O3. The van der Waals surface area contributed by atoms with E-state index in [1.165, 1.54) is 5.56 Å². The molecule has 1 unspecified atom stereocenters. The van der Waals surface area contributed by atoms with Crippen LogP contribution in [0.25, 0.3) is 11.0 Å². The lowest BCUT2D eigenvalue weighted by Gasteiger charge is -2.12. The highest BCUT2D eigenvalue weighted by molar-refractivity contribution is 5.78. The minimum atomic E-state index is -0.176. The molecule has 0 saturated carbocycles. The lowest BCUT2D eigenvalue weighted by atomic mass is 9.99. The third-order valence-corrected chi connectivity index (χ3v) is 6.40. The number of nitrogens with zero attached hydrogens (tertiary/aromatic N) is 2. The molecule has 4 rings (SSSR count). The number of hydrogen-bond acceptors (Lipinski definition) is 4. The molecule has 1 amide bonds. The predicted molar refractivity (Wildman–Crippen MR) is 143 cm³/mol. The number of para-hydroxylation sites is 3. The van der Waals surface area contributed by atoms with Gasteiger partial charge in [-0.1, -0.05) is 56.3 Å². The number of hydrogen-bond donors (Lipinski definition) is 1. The van der Waals surface area contributed by atoms with Gasteiger partial charge < -0.3 is 19.4 Å². The lowest BCUT2D eigenvalue weighted by Crippen LogP contribution is -2.29. The number of benzene rings is 3. The van der Waals surface area contributed by atoms with Crippen LogP contribution in [0.15, 0.2) is 78.9 Å². The van der Waals surface area contributed by atoms with Crippen LogP contribution in [0.2, 0.25) is 0 Å². The number of aromatic nitrogens is 2. The third kappa shape index (κ3) is 6.87. The number of aryl methyl sites for hydroxylation is 1. The quantitative estimate of drug-likeness (QED) is 0.232. The van der Waals surface area contributed by atoms with Crippen molar-refractivity contribution in [3.8, 4) is 11.5 Å². The highest BCUT2D eigenvalue weighted by atomic mass is 16.5. The number of carbonyl (C=O) groups is 1. The minimum absolute atomic E-state index is 0.0279. The van der Waals surface area contributed by atoms with Crippen LogP contribution in [-0.2, 0) is 17.9 Å². The summed E-state index contributed by atoms with van der Waals surface area (Å²) >= 11 is 0. The molecule has 36 heavy (non-hydrogen) atoms. The first-order valence-electron chi connectivity index (χ1n) is 12.8. The van der Waals surface area contributed by atoms with Crippen molar-refractivity contribution in [1.29, 1.82) is 0 Å². The second-order valence-electron chi connectivity index (χ2n) is 8.98. The van der Waals surface area contributed by atoms with Gasteiger partial charge in [0.05, 0.1) is 24.2 Å². The summed E-state index contributed by atoms with van der Waals surface area (Å²) in [5.74, 6) is 2.82. The van der Waals surface area contributed by atoms with E-state index in [1.807, 2.05) is 48.5 Å². The normalized spacial score (nSPS) is 11.8. The average molecular weight is 486 g/mol. The summed E-state index contributed by atoms with van der Waals surface area (Å²) in [6, 6.07) is 25.8. The zero-order valence-corrected chi connectivity index (χ0v) is 21.2. The van der Waals surface area contributed by atoms with E-state index in [0.717, 1.165) is 48.4 Å². The number of unbranched alkanes of at least 4 members (excludes halogenated alkanes) is 1. The number of amides is 1. The maximum atomic E-state index is 12.3. The zero-order valence-electron chi connectivity index (χ0n) is 21.2. The van der Waals surface area contributed by atoms with E-state index in [1.54, 1.807) is 0 Å². The van der Waals surface area contributed by atoms with E-state index in [-0.39, 0.29) is 12.5 Å². The molecule has 0 aliphatic carbocycles. The molecule has 0 spiro atoms. The minimum Gasteiger partial charge on any atom is -0.494 e. The Morgan fingerprint density at radius 3 is 2.42 bits per heavy atom. The largest absolute Gasteiger partial charge is 0.494 e. The van der Waals surface area contributed by atoms with Gasteiger partial charge in [-0.15, -0.1) is 0 Å². The maximum Gasteiger partial charge on any atom is 0.258 e. The number of rotatable bonds is 13. The Bertz CT molecular complexity index is 1240. The highest BCUT2D eigenvalue weighted by Crippen LogP contribution is 2.22. The first-order valence-corrected chi connectivity index (χ1v) is 12.8. The van der Waals surface area contributed by atoms with Crippen molar-refractivity contribution in [2.45, 2.75) is 52.1 Å². The van der Waals surface area contributed by atoms with Gasteiger partial charge in [0.2, 0.25) is 0 Å². The molecule has 4 aromatic rings. The van der Waals surface area contributed by atoms with Crippen LogP contribution in [-0.4, -0.2) is 28.7 Å². The summed E-state index contributed by atoms with van der Waals surface area (Å²) in [5, 5.41) is 2.94. The molecular weight excluding hydrogens is 450 g/mol. The van der Waals surface area contributed by atoms with E-state index in [2.05, 4.69) is 54.1 Å². The Hall–Kier alpha value is -3.80. The van der Waals surface area contributed by atoms with E-state index >= 15 is 0 Å². The average Bonchev–Trinajstić information content (AvgIpc) is 3.28. The molecule has 188 valence electrons. The van der Waals surface area contributed by atoms with E-state index < -0.39 is 0 Å². The summed E-state index contributed by atoms with van der Waals surface area (Å²) in [6.45, 7) is 6.25. The van der Waals surface area contributed by atoms with Gasteiger partial charge in [0.1, 0.15) is 17.3 Å². The summed E-state index contributed by atoms with van der Waals surface area (Å²) in [7, 11) is 0. The third-order valence-electron chi connectivity index (χ3n) is 6.40. The van der Waals surface area contributed by atoms with Gasteiger partial charge in [-0.05, 0) is 67.1 Å². The van der Waals surface area contributed by atoms with Crippen LogP contribution in [0.3, 0.4) is 0 Å². The van der Waals surface area contributed by atoms with Crippen LogP contribution in [0, 0.1) is 0 Å². The Morgan fingerprint density at radius 2 is 1.64 bits per heavy atom. The molecule has 0 radical (unpaired) electrons. The fraction of sp³-hybridized carbons (Fsp3) is 0.333. The second-order valence-corrected chi connectivity index (χ2v) is 8.98. The van der Waals surface area contributed by atoms with Crippen LogP contribution < -0.4 is 14.8 Å². The molecule has 6 heteroatoms. The lowest BCUT2D eigenvalue weighted by molar-refractivity contribution is -0.123. The molecule has 3 aromatic carbocycles. The van der Waals surface area contributed by atoms with Gasteiger partial charge in [0, 0.05) is 6.54 Å². The van der Waals surface area contributed by atoms with Crippen LogP contribution in [0.1, 0.15) is 50.4 Å². The standard InChI is InChI=1S/C30H35N3O3/c1-3-23(2)24-15-17-26(18-16-24)35-20-10-9-19-33-28-14-8-7-13-27(28)32-29(33)21-31-30(34)22-36-25-11-5-4-6-12-25/h4-8,11-18,23H,3,9-10,19-22H2,1-2H3,(H,31,34). The number of imidazole rings is 1. The molecule has 1 N–H and O–H groups in total. The van der Waals surface area contributed by atoms with Crippen LogP contribution in [0.5, 0.6) is 11.5 Å². The first-order chi connectivity index (χ1) is 17.6. The van der Waals surface area contributed by atoms with Crippen molar-refractivity contribution < 1.29 is 14.3 Å². The van der Waals surface area contributed by atoms with Crippen molar-refractivity contribution in [1.82, 2.24) is 14.9 Å². The van der Waals surface area contributed by atoms with Gasteiger partial charge in [0.25, 0.3) is 5.91 Å². The number of ether oxygens (including phenoxy) is 2. The fourth-order valence-corrected chi connectivity index (χ4v) is 4.09. The molecule has 0 aliphatic rings. The molecule has 0 bridgehead atoms. The van der Waals surface area contributed by atoms with Gasteiger partial charge in [0.15, 0.2) is 6.61 Å². The zero-order chi connectivity index (χ0) is 25.2. The van der Waals surface area contributed by atoms with Gasteiger partial charge in [-0.3, -0.25) is 4.79 Å².